The third kappa shape index (κ3) is 3.06. The number of nitro groups is 1. The van der Waals surface area contributed by atoms with Crippen molar-refractivity contribution in [1.29, 1.82) is 5.26 Å². The van der Waals surface area contributed by atoms with Crippen LogP contribution in [0.15, 0.2) is 30.3 Å². The first-order chi connectivity index (χ1) is 10.9. The zero-order valence-electron chi connectivity index (χ0n) is 11.1. The summed E-state index contributed by atoms with van der Waals surface area (Å²) in [5, 5.41) is 19.8. The molecule has 0 radical (unpaired) electrons. The Kier molecular flexibility index (Phi) is 4.45. The van der Waals surface area contributed by atoms with E-state index in [0.29, 0.717) is 12.1 Å². The SMILES string of the molecule is N#Cc1cccc(C(F)F)c1Oc1c([N+](=O)[O-])ccc(F)c1F. The molecule has 0 fully saturated rings. The molecule has 2 rings (SSSR count). The molecule has 23 heavy (non-hydrogen) atoms. The molecular weight excluding hydrogens is 320 g/mol. The molecule has 2 aromatic carbocycles. The number of hydrogen-bond acceptors (Lipinski definition) is 4. The predicted molar refractivity (Wildman–Crippen MR) is 69.2 cm³/mol. The second-order valence-corrected chi connectivity index (χ2v) is 4.21. The van der Waals surface area contributed by atoms with Crippen molar-refractivity contribution in [3.05, 3.63) is 63.2 Å². The topological polar surface area (TPSA) is 76.2 Å². The number of para-hydroxylation sites is 1. The normalized spacial score (nSPS) is 10.4. The number of rotatable bonds is 4. The third-order valence-electron chi connectivity index (χ3n) is 2.83. The van der Waals surface area contributed by atoms with Gasteiger partial charge in [-0.15, -0.1) is 0 Å². The summed E-state index contributed by atoms with van der Waals surface area (Å²) in [6.07, 6.45) is -3.09. The zero-order valence-corrected chi connectivity index (χ0v) is 11.1. The Balaban J connectivity index is 2.67. The van der Waals surface area contributed by atoms with Crippen molar-refractivity contribution in [3.8, 4) is 17.6 Å². The first-order valence-electron chi connectivity index (χ1n) is 5.98. The molecule has 118 valence electrons. The number of nitrogens with zero attached hydrogens (tertiary/aromatic N) is 2. The van der Waals surface area contributed by atoms with Crippen LogP contribution >= 0.6 is 0 Å². The van der Waals surface area contributed by atoms with Crippen LogP contribution in [0, 0.1) is 33.1 Å². The molecule has 0 aromatic heterocycles. The van der Waals surface area contributed by atoms with Gasteiger partial charge < -0.3 is 4.74 Å². The molecule has 0 spiro atoms. The second-order valence-electron chi connectivity index (χ2n) is 4.21. The highest BCUT2D eigenvalue weighted by Crippen LogP contribution is 2.40. The van der Waals surface area contributed by atoms with E-state index in [1.807, 2.05) is 0 Å². The number of nitriles is 1. The van der Waals surface area contributed by atoms with Crippen molar-refractivity contribution < 1.29 is 27.2 Å². The smallest absolute Gasteiger partial charge is 0.314 e. The molecule has 0 aliphatic heterocycles. The minimum absolute atomic E-state index is 0.402. The molecule has 0 N–H and O–H groups in total. The van der Waals surface area contributed by atoms with E-state index < -0.39 is 51.3 Å². The van der Waals surface area contributed by atoms with Gasteiger partial charge in [0.1, 0.15) is 6.07 Å². The summed E-state index contributed by atoms with van der Waals surface area (Å²) >= 11 is 0. The van der Waals surface area contributed by atoms with E-state index >= 15 is 0 Å². The van der Waals surface area contributed by atoms with Gasteiger partial charge in [0.2, 0.25) is 11.6 Å². The molecule has 0 amide bonds. The lowest BCUT2D eigenvalue weighted by atomic mass is 10.1. The molecule has 9 heteroatoms. The fraction of sp³-hybridized carbons (Fsp3) is 0.0714. The van der Waals surface area contributed by atoms with Crippen LogP contribution in [-0.2, 0) is 0 Å². The van der Waals surface area contributed by atoms with E-state index in [2.05, 4.69) is 0 Å². The Morgan fingerprint density at radius 3 is 2.43 bits per heavy atom. The molecule has 5 nitrogen and oxygen atoms in total. The second kappa shape index (κ2) is 6.31. The Morgan fingerprint density at radius 2 is 1.87 bits per heavy atom. The lowest BCUT2D eigenvalue weighted by Crippen LogP contribution is -2.02. The van der Waals surface area contributed by atoms with Crippen LogP contribution in [-0.4, -0.2) is 4.92 Å². The van der Waals surface area contributed by atoms with E-state index in [0.717, 1.165) is 18.2 Å². The maximum Gasteiger partial charge on any atom is 0.314 e. The van der Waals surface area contributed by atoms with E-state index in [1.54, 1.807) is 6.07 Å². The highest BCUT2D eigenvalue weighted by atomic mass is 19.3. The molecule has 0 saturated carbocycles. The van der Waals surface area contributed by atoms with Gasteiger partial charge in [-0.05, 0) is 18.2 Å². The predicted octanol–water partition coefficient (Wildman–Crippen LogP) is 4.47. The van der Waals surface area contributed by atoms with Crippen molar-refractivity contribution in [1.82, 2.24) is 0 Å². The summed E-state index contributed by atoms with van der Waals surface area (Å²) in [6, 6.07) is 5.83. The zero-order chi connectivity index (χ0) is 17.1. The highest BCUT2D eigenvalue weighted by Gasteiger charge is 2.27. The van der Waals surface area contributed by atoms with Crippen molar-refractivity contribution in [2.45, 2.75) is 6.43 Å². The molecule has 0 heterocycles. The maximum atomic E-state index is 13.8. The van der Waals surface area contributed by atoms with E-state index in [1.165, 1.54) is 0 Å². The van der Waals surface area contributed by atoms with Crippen LogP contribution in [0.1, 0.15) is 17.6 Å². The lowest BCUT2D eigenvalue weighted by molar-refractivity contribution is -0.385. The van der Waals surface area contributed by atoms with Gasteiger partial charge in [0, 0.05) is 6.07 Å². The summed E-state index contributed by atoms with van der Waals surface area (Å²) in [6.45, 7) is 0. The lowest BCUT2D eigenvalue weighted by Gasteiger charge is -2.13. The van der Waals surface area contributed by atoms with Crippen LogP contribution in [0.25, 0.3) is 0 Å². The van der Waals surface area contributed by atoms with Gasteiger partial charge in [0.25, 0.3) is 6.43 Å². The number of ether oxygens (including phenoxy) is 1. The first-order valence-corrected chi connectivity index (χ1v) is 5.98. The minimum atomic E-state index is -3.09. The van der Waals surface area contributed by atoms with Crippen LogP contribution in [0.3, 0.4) is 0 Å². The average molecular weight is 326 g/mol. The van der Waals surface area contributed by atoms with Crippen LogP contribution in [0.5, 0.6) is 11.5 Å². The standard InChI is InChI=1S/C14H6F4N2O3/c15-9-4-5-10(20(21)22)13(11(9)16)23-12-7(6-19)2-1-3-8(12)14(17)18/h1-5,14H. The molecule has 2 aromatic rings. The van der Waals surface area contributed by atoms with Crippen LogP contribution in [0.2, 0.25) is 0 Å². The Hall–Kier alpha value is -3.15. The Labute approximate surface area is 126 Å². The van der Waals surface area contributed by atoms with Crippen molar-refractivity contribution in [2.75, 3.05) is 0 Å². The van der Waals surface area contributed by atoms with Gasteiger partial charge in [-0.1, -0.05) is 6.07 Å². The summed E-state index contributed by atoms with van der Waals surface area (Å²) in [5.74, 6) is -5.12. The Bertz CT molecular complexity index is 818. The van der Waals surface area contributed by atoms with Crippen molar-refractivity contribution in [3.63, 3.8) is 0 Å². The highest BCUT2D eigenvalue weighted by molar-refractivity contribution is 5.55. The monoisotopic (exact) mass is 326 g/mol. The van der Waals surface area contributed by atoms with Crippen LogP contribution in [0.4, 0.5) is 23.2 Å². The number of nitro benzene ring substituents is 1. The molecule has 0 aliphatic rings. The summed E-state index contributed by atoms with van der Waals surface area (Å²) in [4.78, 5) is 9.81. The van der Waals surface area contributed by atoms with Gasteiger partial charge in [0.15, 0.2) is 11.6 Å². The van der Waals surface area contributed by atoms with E-state index in [4.69, 9.17) is 10.00 Å². The van der Waals surface area contributed by atoms with Gasteiger partial charge in [-0.3, -0.25) is 10.1 Å². The minimum Gasteiger partial charge on any atom is -0.445 e. The van der Waals surface area contributed by atoms with Gasteiger partial charge >= 0.3 is 5.69 Å². The van der Waals surface area contributed by atoms with Gasteiger partial charge in [-0.2, -0.15) is 9.65 Å². The quantitative estimate of drug-likeness (QED) is 0.472. The molecule has 0 unspecified atom stereocenters. The van der Waals surface area contributed by atoms with E-state index in [-0.39, 0.29) is 0 Å². The van der Waals surface area contributed by atoms with Crippen molar-refractivity contribution in [2.24, 2.45) is 0 Å². The maximum absolute atomic E-state index is 13.8. The van der Waals surface area contributed by atoms with Crippen LogP contribution < -0.4 is 4.74 Å². The largest absolute Gasteiger partial charge is 0.445 e. The number of benzene rings is 2. The average Bonchev–Trinajstić information content (AvgIpc) is 2.51. The molecule has 0 atom stereocenters. The number of halogens is 4. The fourth-order valence-electron chi connectivity index (χ4n) is 1.79. The fourth-order valence-corrected chi connectivity index (χ4v) is 1.79. The van der Waals surface area contributed by atoms with Gasteiger partial charge in [0.05, 0.1) is 16.1 Å². The molecule has 0 bridgehead atoms. The molecular formula is C14H6F4N2O3. The molecule has 0 aliphatic carbocycles. The van der Waals surface area contributed by atoms with E-state index in [9.17, 15) is 27.7 Å². The van der Waals surface area contributed by atoms with Crippen molar-refractivity contribution >= 4 is 5.69 Å². The Morgan fingerprint density at radius 1 is 1.17 bits per heavy atom. The van der Waals surface area contributed by atoms with Gasteiger partial charge in [-0.25, -0.2) is 13.2 Å². The molecule has 0 saturated heterocycles. The summed E-state index contributed by atoms with van der Waals surface area (Å²) in [5.41, 5.74) is -2.14. The summed E-state index contributed by atoms with van der Waals surface area (Å²) in [7, 11) is 0. The first kappa shape index (κ1) is 16.2. The number of alkyl halides is 2. The third-order valence-corrected chi connectivity index (χ3v) is 2.83. The summed E-state index contributed by atoms with van der Waals surface area (Å²) < 4.78 is 57.9. The number of hydrogen-bond donors (Lipinski definition) is 0.